The molecule has 1 nitrogen and oxygen atoms in total. The van der Waals surface area contributed by atoms with E-state index in [4.69, 9.17) is 0 Å². The first-order valence-corrected chi connectivity index (χ1v) is 7.12. The topological polar surface area (TPSA) is 20.2 Å². The van der Waals surface area contributed by atoms with Gasteiger partial charge in [-0.1, -0.05) is 25.0 Å². The highest BCUT2D eigenvalue weighted by Crippen LogP contribution is 2.55. The third kappa shape index (κ3) is 2.18. The molecule has 0 aromatic heterocycles. The monoisotopic (exact) mass is 248 g/mol. The van der Waals surface area contributed by atoms with Crippen molar-refractivity contribution in [3.05, 3.63) is 35.6 Å². The minimum atomic E-state index is -0.485. The van der Waals surface area contributed by atoms with Crippen molar-refractivity contribution in [2.24, 2.45) is 11.3 Å². The van der Waals surface area contributed by atoms with Crippen molar-refractivity contribution in [3.63, 3.8) is 0 Å². The summed E-state index contributed by atoms with van der Waals surface area (Å²) in [5.74, 6) is 0.0741. The fraction of sp³-hybridized carbons (Fsp3) is 0.625. The molecule has 0 saturated heterocycles. The van der Waals surface area contributed by atoms with Gasteiger partial charge in [-0.05, 0) is 61.1 Å². The molecule has 2 atom stereocenters. The third-order valence-corrected chi connectivity index (χ3v) is 5.04. The maximum Gasteiger partial charge on any atom is 0.123 e. The van der Waals surface area contributed by atoms with E-state index in [0.717, 1.165) is 18.4 Å². The number of rotatable bonds is 2. The van der Waals surface area contributed by atoms with Crippen LogP contribution in [0.25, 0.3) is 0 Å². The van der Waals surface area contributed by atoms with E-state index < -0.39 is 6.10 Å². The zero-order chi connectivity index (χ0) is 12.6. The Morgan fingerprint density at radius 2 is 2.00 bits per heavy atom. The van der Waals surface area contributed by atoms with Crippen molar-refractivity contribution in [1.29, 1.82) is 0 Å². The molecule has 18 heavy (non-hydrogen) atoms. The number of halogens is 1. The maximum atomic E-state index is 13.2. The zero-order valence-corrected chi connectivity index (χ0v) is 10.7. The van der Waals surface area contributed by atoms with Gasteiger partial charge in [0.05, 0.1) is 6.10 Å². The first-order chi connectivity index (χ1) is 8.69. The Kier molecular flexibility index (Phi) is 3.14. The summed E-state index contributed by atoms with van der Waals surface area (Å²) in [4.78, 5) is 0. The van der Waals surface area contributed by atoms with Crippen molar-refractivity contribution in [1.82, 2.24) is 0 Å². The molecule has 3 rings (SSSR count). The van der Waals surface area contributed by atoms with Crippen LogP contribution in [0.5, 0.6) is 0 Å². The van der Waals surface area contributed by atoms with Crippen LogP contribution in [-0.4, -0.2) is 5.11 Å². The predicted octanol–water partition coefficient (Wildman–Crippen LogP) is 4.22. The van der Waals surface area contributed by atoms with Gasteiger partial charge in [-0.15, -0.1) is 0 Å². The van der Waals surface area contributed by atoms with E-state index in [1.807, 2.05) is 6.07 Å². The van der Waals surface area contributed by atoms with E-state index in [2.05, 4.69) is 0 Å². The number of aliphatic hydroxyl groups excluding tert-OH is 1. The van der Waals surface area contributed by atoms with Crippen molar-refractivity contribution in [2.45, 2.75) is 51.0 Å². The Hall–Kier alpha value is -0.890. The predicted molar refractivity (Wildman–Crippen MR) is 69.6 cm³/mol. The summed E-state index contributed by atoms with van der Waals surface area (Å²) in [6.45, 7) is 0. The SMILES string of the molecule is O[C@H](c1cccc(F)c1)[C@H]1CCC2(CCCC2)C1. The second-order valence-electron chi connectivity index (χ2n) is 6.21. The van der Waals surface area contributed by atoms with Gasteiger partial charge in [0.1, 0.15) is 5.82 Å². The Labute approximate surface area is 108 Å². The van der Waals surface area contributed by atoms with Gasteiger partial charge in [-0.25, -0.2) is 4.39 Å². The molecule has 0 amide bonds. The molecule has 2 saturated carbocycles. The standard InChI is InChI=1S/C16H21FO/c17-14-5-3-4-12(10-14)15(18)13-6-9-16(11-13)7-1-2-8-16/h3-5,10,13,15,18H,1-2,6-9,11H2/t13-,15+/m0/s1. The van der Waals surface area contributed by atoms with Crippen LogP contribution < -0.4 is 0 Å². The van der Waals surface area contributed by atoms with Crippen LogP contribution in [0.2, 0.25) is 0 Å². The minimum absolute atomic E-state index is 0.250. The van der Waals surface area contributed by atoms with Gasteiger partial charge < -0.3 is 5.11 Å². The molecule has 2 heteroatoms. The summed E-state index contributed by atoms with van der Waals surface area (Å²) in [6.07, 6.45) is 8.36. The number of hydrogen-bond acceptors (Lipinski definition) is 1. The van der Waals surface area contributed by atoms with Gasteiger partial charge in [-0.3, -0.25) is 0 Å². The quantitative estimate of drug-likeness (QED) is 0.830. The van der Waals surface area contributed by atoms with E-state index in [0.29, 0.717) is 11.3 Å². The van der Waals surface area contributed by atoms with Crippen molar-refractivity contribution < 1.29 is 9.50 Å². The van der Waals surface area contributed by atoms with E-state index in [9.17, 15) is 9.50 Å². The molecular weight excluding hydrogens is 227 g/mol. The van der Waals surface area contributed by atoms with E-state index in [1.165, 1.54) is 44.2 Å². The maximum absolute atomic E-state index is 13.2. The molecule has 0 radical (unpaired) electrons. The molecule has 2 fully saturated rings. The lowest BCUT2D eigenvalue weighted by Gasteiger charge is -2.24. The van der Waals surface area contributed by atoms with Gasteiger partial charge in [0, 0.05) is 0 Å². The van der Waals surface area contributed by atoms with Crippen molar-refractivity contribution in [3.8, 4) is 0 Å². The fourth-order valence-electron chi connectivity index (χ4n) is 4.06. The first kappa shape index (κ1) is 12.2. The molecule has 1 spiro atoms. The number of benzene rings is 1. The number of aliphatic hydroxyl groups is 1. The molecule has 0 bridgehead atoms. The minimum Gasteiger partial charge on any atom is -0.388 e. The molecule has 1 aromatic carbocycles. The van der Waals surface area contributed by atoms with Crippen molar-refractivity contribution in [2.75, 3.05) is 0 Å². The summed E-state index contributed by atoms with van der Waals surface area (Å²) in [6, 6.07) is 6.44. The highest BCUT2D eigenvalue weighted by Gasteiger charge is 2.43. The second-order valence-corrected chi connectivity index (χ2v) is 6.21. The summed E-state index contributed by atoms with van der Waals surface area (Å²) < 4.78 is 13.2. The Morgan fingerprint density at radius 3 is 2.72 bits per heavy atom. The van der Waals surface area contributed by atoms with Gasteiger partial charge in [0.15, 0.2) is 0 Å². The van der Waals surface area contributed by atoms with Crippen LogP contribution in [0.3, 0.4) is 0 Å². The van der Waals surface area contributed by atoms with Crippen molar-refractivity contribution >= 4 is 0 Å². The van der Waals surface area contributed by atoms with Crippen LogP contribution in [0.4, 0.5) is 4.39 Å². The van der Waals surface area contributed by atoms with E-state index in [-0.39, 0.29) is 5.82 Å². The highest BCUT2D eigenvalue weighted by molar-refractivity contribution is 5.20. The Balaban J connectivity index is 1.72. The van der Waals surface area contributed by atoms with Gasteiger partial charge in [-0.2, -0.15) is 0 Å². The molecule has 2 aliphatic rings. The van der Waals surface area contributed by atoms with E-state index >= 15 is 0 Å². The molecule has 0 unspecified atom stereocenters. The largest absolute Gasteiger partial charge is 0.388 e. The zero-order valence-electron chi connectivity index (χ0n) is 10.7. The van der Waals surface area contributed by atoms with Gasteiger partial charge in [0.25, 0.3) is 0 Å². The second kappa shape index (κ2) is 4.65. The van der Waals surface area contributed by atoms with Gasteiger partial charge >= 0.3 is 0 Å². The molecule has 1 N–H and O–H groups in total. The Morgan fingerprint density at radius 1 is 1.22 bits per heavy atom. The lowest BCUT2D eigenvalue weighted by atomic mass is 9.82. The molecule has 1 aromatic rings. The summed E-state index contributed by atoms with van der Waals surface area (Å²) in [7, 11) is 0. The molecule has 98 valence electrons. The molecule has 2 aliphatic carbocycles. The first-order valence-electron chi connectivity index (χ1n) is 7.12. The van der Waals surface area contributed by atoms with Crippen LogP contribution in [0.1, 0.15) is 56.6 Å². The average Bonchev–Trinajstić information content (AvgIpc) is 3.00. The highest BCUT2D eigenvalue weighted by atomic mass is 19.1. The summed E-state index contributed by atoms with van der Waals surface area (Å²) in [5, 5.41) is 10.4. The normalized spacial score (nSPS) is 27.8. The van der Waals surface area contributed by atoms with Gasteiger partial charge in [0.2, 0.25) is 0 Å². The van der Waals surface area contributed by atoms with E-state index in [1.54, 1.807) is 6.07 Å². The third-order valence-electron chi connectivity index (χ3n) is 5.04. The summed E-state index contributed by atoms with van der Waals surface area (Å²) in [5.41, 5.74) is 1.26. The molecule has 0 heterocycles. The average molecular weight is 248 g/mol. The lowest BCUT2D eigenvalue weighted by molar-refractivity contribution is 0.102. The lowest BCUT2D eigenvalue weighted by Crippen LogP contribution is -2.15. The Bertz CT molecular complexity index is 423. The molecular formula is C16H21FO. The smallest absolute Gasteiger partial charge is 0.123 e. The number of hydrogen-bond donors (Lipinski definition) is 1. The summed E-state index contributed by atoms with van der Waals surface area (Å²) >= 11 is 0. The van der Waals surface area contributed by atoms with Crippen LogP contribution in [-0.2, 0) is 0 Å². The van der Waals surface area contributed by atoms with Crippen LogP contribution >= 0.6 is 0 Å². The molecule has 0 aliphatic heterocycles. The van der Waals surface area contributed by atoms with Crippen LogP contribution in [0, 0.1) is 17.2 Å². The fourth-order valence-corrected chi connectivity index (χ4v) is 4.06. The van der Waals surface area contributed by atoms with Crippen LogP contribution in [0.15, 0.2) is 24.3 Å².